The molecule has 0 heterocycles. The van der Waals surface area contributed by atoms with Crippen LogP contribution in [0.1, 0.15) is 43.7 Å². The van der Waals surface area contributed by atoms with E-state index in [-0.39, 0.29) is 17.9 Å². The summed E-state index contributed by atoms with van der Waals surface area (Å²) in [6, 6.07) is 4.64. The SMILES string of the molecule is CC(Cc1ccc(C(F)(F)F)cc1)NC(=O)C1CCCC(C(=O)O)C1. The smallest absolute Gasteiger partial charge is 0.416 e. The van der Waals surface area contributed by atoms with E-state index in [4.69, 9.17) is 5.11 Å². The van der Waals surface area contributed by atoms with E-state index in [1.54, 1.807) is 6.92 Å². The van der Waals surface area contributed by atoms with E-state index in [1.807, 2.05) is 0 Å². The summed E-state index contributed by atoms with van der Waals surface area (Å²) in [4.78, 5) is 23.4. The van der Waals surface area contributed by atoms with Crippen molar-refractivity contribution >= 4 is 11.9 Å². The number of carbonyl (C=O) groups excluding carboxylic acids is 1. The average molecular weight is 357 g/mol. The third-order valence-corrected chi connectivity index (χ3v) is 4.61. The van der Waals surface area contributed by atoms with Gasteiger partial charge in [-0.05, 0) is 50.3 Å². The van der Waals surface area contributed by atoms with Gasteiger partial charge in [0.05, 0.1) is 11.5 Å². The monoisotopic (exact) mass is 357 g/mol. The van der Waals surface area contributed by atoms with E-state index in [1.165, 1.54) is 12.1 Å². The molecule has 2 rings (SSSR count). The minimum Gasteiger partial charge on any atom is -0.481 e. The molecule has 1 amide bonds. The van der Waals surface area contributed by atoms with Gasteiger partial charge in [0.15, 0.2) is 0 Å². The van der Waals surface area contributed by atoms with E-state index in [0.29, 0.717) is 37.7 Å². The maximum Gasteiger partial charge on any atom is 0.416 e. The van der Waals surface area contributed by atoms with Gasteiger partial charge in [0.1, 0.15) is 0 Å². The number of aliphatic carboxylic acids is 1. The summed E-state index contributed by atoms with van der Waals surface area (Å²) in [5.74, 6) is -1.83. The molecular weight excluding hydrogens is 335 g/mol. The molecule has 0 aromatic heterocycles. The molecule has 3 atom stereocenters. The Hall–Kier alpha value is -2.05. The molecule has 1 fully saturated rings. The summed E-state index contributed by atoms with van der Waals surface area (Å²) in [6.07, 6.45) is -1.63. The molecule has 0 radical (unpaired) electrons. The van der Waals surface area contributed by atoms with Gasteiger partial charge in [-0.3, -0.25) is 9.59 Å². The fraction of sp³-hybridized carbons (Fsp3) is 0.556. The molecule has 138 valence electrons. The number of carboxylic acid groups (broad SMARTS) is 1. The van der Waals surface area contributed by atoms with Crippen LogP contribution in [0.5, 0.6) is 0 Å². The van der Waals surface area contributed by atoms with E-state index >= 15 is 0 Å². The van der Waals surface area contributed by atoms with Crippen molar-refractivity contribution in [2.75, 3.05) is 0 Å². The maximum absolute atomic E-state index is 12.5. The predicted octanol–water partition coefficient (Wildman–Crippen LogP) is 3.64. The number of carboxylic acids is 1. The van der Waals surface area contributed by atoms with Crippen LogP contribution < -0.4 is 5.32 Å². The van der Waals surface area contributed by atoms with Crippen molar-refractivity contribution in [3.63, 3.8) is 0 Å². The van der Waals surface area contributed by atoms with Gasteiger partial charge in [-0.1, -0.05) is 18.6 Å². The molecule has 1 saturated carbocycles. The van der Waals surface area contributed by atoms with Gasteiger partial charge >= 0.3 is 12.1 Å². The first-order valence-electron chi connectivity index (χ1n) is 8.36. The van der Waals surface area contributed by atoms with Crippen LogP contribution in [-0.4, -0.2) is 23.0 Å². The van der Waals surface area contributed by atoms with Crippen LogP contribution in [0.4, 0.5) is 13.2 Å². The molecule has 1 aromatic carbocycles. The molecular formula is C18H22F3NO3. The zero-order chi connectivity index (χ0) is 18.6. The second-order valence-electron chi connectivity index (χ2n) is 6.71. The van der Waals surface area contributed by atoms with E-state index in [2.05, 4.69) is 5.32 Å². The maximum atomic E-state index is 12.5. The number of hydrogen-bond donors (Lipinski definition) is 2. The molecule has 0 spiro atoms. The van der Waals surface area contributed by atoms with Gasteiger partial charge in [0.25, 0.3) is 0 Å². The highest BCUT2D eigenvalue weighted by atomic mass is 19.4. The Morgan fingerprint density at radius 1 is 1.20 bits per heavy atom. The van der Waals surface area contributed by atoms with Crippen LogP contribution in [0.3, 0.4) is 0 Å². The lowest BCUT2D eigenvalue weighted by Crippen LogP contribution is -2.40. The highest BCUT2D eigenvalue weighted by molar-refractivity contribution is 5.80. The van der Waals surface area contributed by atoms with Crippen molar-refractivity contribution in [1.29, 1.82) is 0 Å². The summed E-state index contributed by atoms with van der Waals surface area (Å²) in [5.41, 5.74) is 0.00251. The third kappa shape index (κ3) is 5.47. The Kier molecular flexibility index (Phi) is 6.08. The number of alkyl halides is 3. The standard InChI is InChI=1S/C18H22F3NO3/c1-11(9-12-5-7-15(8-6-12)18(19,20)21)22-16(23)13-3-2-4-14(10-13)17(24)25/h5-8,11,13-14H,2-4,9-10H2,1H3,(H,22,23)(H,24,25). The van der Waals surface area contributed by atoms with Crippen LogP contribution in [0.15, 0.2) is 24.3 Å². The van der Waals surface area contributed by atoms with Crippen molar-refractivity contribution in [3.05, 3.63) is 35.4 Å². The quantitative estimate of drug-likeness (QED) is 0.845. The molecule has 0 aliphatic heterocycles. The van der Waals surface area contributed by atoms with Gasteiger partial charge in [0, 0.05) is 12.0 Å². The van der Waals surface area contributed by atoms with E-state index < -0.39 is 23.6 Å². The minimum atomic E-state index is -4.36. The number of nitrogens with one attached hydrogen (secondary N) is 1. The van der Waals surface area contributed by atoms with Crippen LogP contribution in [0, 0.1) is 11.8 Å². The van der Waals surface area contributed by atoms with Crippen LogP contribution in [0.25, 0.3) is 0 Å². The highest BCUT2D eigenvalue weighted by Gasteiger charge is 2.32. The Morgan fingerprint density at radius 2 is 1.80 bits per heavy atom. The summed E-state index contributed by atoms with van der Waals surface area (Å²) in [5, 5.41) is 11.9. The minimum absolute atomic E-state index is 0.176. The first-order chi connectivity index (χ1) is 11.7. The van der Waals surface area contributed by atoms with E-state index in [9.17, 15) is 22.8 Å². The highest BCUT2D eigenvalue weighted by Crippen LogP contribution is 2.30. The van der Waals surface area contributed by atoms with E-state index in [0.717, 1.165) is 12.1 Å². The molecule has 4 nitrogen and oxygen atoms in total. The topological polar surface area (TPSA) is 66.4 Å². The van der Waals surface area contributed by atoms with Crippen LogP contribution in [0.2, 0.25) is 0 Å². The summed E-state index contributed by atoms with van der Waals surface area (Å²) >= 11 is 0. The molecule has 3 unspecified atom stereocenters. The zero-order valence-electron chi connectivity index (χ0n) is 14.0. The number of amides is 1. The molecule has 1 aliphatic carbocycles. The summed E-state index contributed by atoms with van der Waals surface area (Å²) in [6.45, 7) is 1.78. The zero-order valence-corrected chi connectivity index (χ0v) is 14.0. The number of halogens is 3. The predicted molar refractivity (Wildman–Crippen MR) is 85.8 cm³/mol. The third-order valence-electron chi connectivity index (χ3n) is 4.61. The van der Waals surface area contributed by atoms with Crippen molar-refractivity contribution in [2.24, 2.45) is 11.8 Å². The molecule has 2 N–H and O–H groups in total. The van der Waals surface area contributed by atoms with Crippen molar-refractivity contribution in [1.82, 2.24) is 5.32 Å². The Labute approximate surface area is 144 Å². The second-order valence-corrected chi connectivity index (χ2v) is 6.71. The van der Waals surface area contributed by atoms with Crippen molar-refractivity contribution < 1.29 is 27.9 Å². The molecule has 0 saturated heterocycles. The molecule has 7 heteroatoms. The summed E-state index contributed by atoms with van der Waals surface area (Å²) < 4.78 is 37.6. The van der Waals surface area contributed by atoms with Gasteiger partial charge < -0.3 is 10.4 Å². The Morgan fingerprint density at radius 3 is 2.36 bits per heavy atom. The summed E-state index contributed by atoms with van der Waals surface area (Å²) in [7, 11) is 0. The Balaban J connectivity index is 1.88. The number of benzene rings is 1. The first kappa shape index (κ1) is 19.3. The van der Waals surface area contributed by atoms with Gasteiger partial charge in [-0.2, -0.15) is 13.2 Å². The Bertz CT molecular complexity index is 613. The lowest BCUT2D eigenvalue weighted by molar-refractivity contribution is -0.144. The normalized spacial score (nSPS) is 22.2. The molecule has 25 heavy (non-hydrogen) atoms. The molecule has 1 aliphatic rings. The second kappa shape index (κ2) is 7.89. The number of carbonyl (C=O) groups is 2. The van der Waals surface area contributed by atoms with Crippen molar-refractivity contribution in [3.8, 4) is 0 Å². The largest absolute Gasteiger partial charge is 0.481 e. The van der Waals surface area contributed by atoms with Crippen LogP contribution in [-0.2, 0) is 22.2 Å². The lowest BCUT2D eigenvalue weighted by Gasteiger charge is -2.27. The fourth-order valence-electron chi connectivity index (χ4n) is 3.25. The van der Waals surface area contributed by atoms with Gasteiger partial charge in [-0.25, -0.2) is 0 Å². The first-order valence-corrected chi connectivity index (χ1v) is 8.36. The molecule has 0 bridgehead atoms. The fourth-order valence-corrected chi connectivity index (χ4v) is 3.25. The van der Waals surface area contributed by atoms with Crippen LogP contribution >= 0.6 is 0 Å². The molecule has 1 aromatic rings. The lowest BCUT2D eigenvalue weighted by atomic mass is 9.81. The average Bonchev–Trinajstić information content (AvgIpc) is 2.54. The van der Waals surface area contributed by atoms with Gasteiger partial charge in [0.2, 0.25) is 5.91 Å². The number of rotatable bonds is 5. The number of hydrogen-bond acceptors (Lipinski definition) is 2. The van der Waals surface area contributed by atoms with Gasteiger partial charge in [-0.15, -0.1) is 0 Å². The van der Waals surface area contributed by atoms with Crippen molar-refractivity contribution in [2.45, 2.75) is 51.2 Å².